The fraction of sp³-hybridized carbons (Fsp3) is 0.529. The molecule has 0 unspecified atom stereocenters. The number of rotatable bonds is 3. The van der Waals surface area contributed by atoms with E-state index in [1.165, 1.54) is 4.90 Å². The molecule has 5 heteroatoms. The highest BCUT2D eigenvalue weighted by atomic mass is 16.6. The fourth-order valence-corrected chi connectivity index (χ4v) is 2.42. The first-order valence-corrected chi connectivity index (χ1v) is 7.60. The average molecular weight is 304 g/mol. The lowest BCUT2D eigenvalue weighted by atomic mass is 10.2. The van der Waals surface area contributed by atoms with Crippen LogP contribution in [0.5, 0.6) is 0 Å². The van der Waals surface area contributed by atoms with Crippen molar-refractivity contribution in [1.82, 2.24) is 4.90 Å². The maximum Gasteiger partial charge on any atom is 0.410 e. The largest absolute Gasteiger partial charge is 0.444 e. The molecule has 0 aromatic heterocycles. The summed E-state index contributed by atoms with van der Waals surface area (Å²) < 4.78 is 5.34. The van der Waals surface area contributed by atoms with Gasteiger partial charge in [-0.15, -0.1) is 0 Å². The molecule has 1 aliphatic heterocycles. The number of hydrogen-bond acceptors (Lipinski definition) is 3. The molecule has 0 bridgehead atoms. The molecule has 1 fully saturated rings. The minimum atomic E-state index is -0.505. The predicted octanol–water partition coefficient (Wildman–Crippen LogP) is 3.18. The quantitative estimate of drug-likeness (QED) is 0.861. The van der Waals surface area contributed by atoms with Crippen molar-refractivity contribution in [2.75, 3.05) is 18.5 Å². The highest BCUT2D eigenvalue weighted by Gasteiger charge is 2.22. The van der Waals surface area contributed by atoms with Crippen molar-refractivity contribution in [3.63, 3.8) is 0 Å². The van der Waals surface area contributed by atoms with Crippen LogP contribution < -0.4 is 4.90 Å². The molecule has 2 rings (SSSR count). The third-order valence-corrected chi connectivity index (χ3v) is 3.42. The lowest BCUT2D eigenvalue weighted by Gasteiger charge is -2.25. The second kappa shape index (κ2) is 6.38. The van der Waals surface area contributed by atoms with Gasteiger partial charge in [-0.2, -0.15) is 0 Å². The fourth-order valence-electron chi connectivity index (χ4n) is 2.42. The number of hydrogen-bond donors (Lipinski definition) is 0. The minimum absolute atomic E-state index is 0.164. The zero-order chi connectivity index (χ0) is 16.3. The maximum atomic E-state index is 12.0. The van der Waals surface area contributed by atoms with Crippen molar-refractivity contribution in [2.24, 2.45) is 0 Å². The van der Waals surface area contributed by atoms with Gasteiger partial charge in [-0.3, -0.25) is 4.79 Å². The summed E-state index contributed by atoms with van der Waals surface area (Å²) in [6, 6.07) is 7.76. The van der Waals surface area contributed by atoms with Crippen LogP contribution in [-0.4, -0.2) is 36.1 Å². The first-order valence-electron chi connectivity index (χ1n) is 7.60. The average Bonchev–Trinajstić information content (AvgIpc) is 2.83. The molecule has 22 heavy (non-hydrogen) atoms. The number of carbonyl (C=O) groups excluding carboxylic acids is 2. The molecule has 1 aromatic rings. The molecule has 1 heterocycles. The van der Waals surface area contributed by atoms with Crippen molar-refractivity contribution in [1.29, 1.82) is 0 Å². The van der Waals surface area contributed by atoms with E-state index in [0.29, 0.717) is 13.0 Å². The summed E-state index contributed by atoms with van der Waals surface area (Å²) in [5.74, 6) is 0.164. The molecule has 120 valence electrons. The van der Waals surface area contributed by atoms with E-state index >= 15 is 0 Å². The smallest absolute Gasteiger partial charge is 0.410 e. The zero-order valence-corrected chi connectivity index (χ0v) is 13.8. The van der Waals surface area contributed by atoms with Crippen LogP contribution in [0.4, 0.5) is 10.5 Å². The first-order chi connectivity index (χ1) is 10.3. The molecule has 5 nitrogen and oxygen atoms in total. The molecule has 0 saturated carbocycles. The van der Waals surface area contributed by atoms with E-state index in [1.54, 1.807) is 11.9 Å². The Morgan fingerprint density at radius 2 is 2.09 bits per heavy atom. The second-order valence-electron chi connectivity index (χ2n) is 6.66. The van der Waals surface area contributed by atoms with Gasteiger partial charge in [-0.05, 0) is 44.9 Å². The van der Waals surface area contributed by atoms with Crippen LogP contribution in [0.1, 0.15) is 39.2 Å². The van der Waals surface area contributed by atoms with E-state index in [4.69, 9.17) is 4.74 Å². The highest BCUT2D eigenvalue weighted by molar-refractivity contribution is 5.95. The van der Waals surface area contributed by atoms with Gasteiger partial charge < -0.3 is 14.5 Å². The second-order valence-corrected chi connectivity index (χ2v) is 6.66. The van der Waals surface area contributed by atoms with Gasteiger partial charge in [-0.1, -0.05) is 12.1 Å². The van der Waals surface area contributed by atoms with Crippen LogP contribution in [0.2, 0.25) is 0 Å². The molecular formula is C17H24N2O3. The van der Waals surface area contributed by atoms with Gasteiger partial charge in [0, 0.05) is 32.2 Å². The van der Waals surface area contributed by atoms with Crippen LogP contribution in [0, 0.1) is 0 Å². The number of nitrogens with zero attached hydrogens (tertiary/aromatic N) is 2. The third kappa shape index (κ3) is 4.23. The Bertz CT molecular complexity index is 563. The molecule has 1 saturated heterocycles. The molecule has 0 radical (unpaired) electrons. The standard InChI is InChI=1S/C17H24N2O3/c1-17(2,3)22-16(21)18(4)12-13-7-5-8-14(11-13)19-10-6-9-15(19)20/h5,7-8,11H,6,9-10,12H2,1-4H3. The highest BCUT2D eigenvalue weighted by Crippen LogP contribution is 2.23. The van der Waals surface area contributed by atoms with Crippen LogP contribution >= 0.6 is 0 Å². The van der Waals surface area contributed by atoms with Crippen molar-refractivity contribution in [2.45, 2.75) is 45.8 Å². The Hall–Kier alpha value is -2.04. The summed E-state index contributed by atoms with van der Waals surface area (Å²) in [5, 5.41) is 0. The van der Waals surface area contributed by atoms with Crippen molar-refractivity contribution < 1.29 is 14.3 Å². The SMILES string of the molecule is CN(Cc1cccc(N2CCCC2=O)c1)C(=O)OC(C)(C)C. The van der Waals surface area contributed by atoms with Crippen LogP contribution in [0.15, 0.2) is 24.3 Å². The monoisotopic (exact) mass is 304 g/mol. The topological polar surface area (TPSA) is 49.9 Å². The van der Waals surface area contributed by atoms with Gasteiger partial charge in [0.25, 0.3) is 0 Å². The molecule has 1 aromatic carbocycles. The van der Waals surface area contributed by atoms with Gasteiger partial charge in [0.15, 0.2) is 0 Å². The van der Waals surface area contributed by atoms with E-state index in [0.717, 1.165) is 24.2 Å². The van der Waals surface area contributed by atoms with E-state index in [9.17, 15) is 9.59 Å². The third-order valence-electron chi connectivity index (χ3n) is 3.42. The van der Waals surface area contributed by atoms with Gasteiger partial charge in [0.05, 0.1) is 0 Å². The van der Waals surface area contributed by atoms with E-state index in [2.05, 4.69) is 0 Å². The lowest BCUT2D eigenvalue weighted by Crippen LogP contribution is -2.33. The molecule has 0 aliphatic carbocycles. The zero-order valence-electron chi connectivity index (χ0n) is 13.8. The summed E-state index contributed by atoms with van der Waals surface area (Å²) in [5.41, 5.74) is 1.37. The Labute approximate surface area is 131 Å². The van der Waals surface area contributed by atoms with Gasteiger partial charge in [0.1, 0.15) is 5.60 Å². The van der Waals surface area contributed by atoms with Crippen molar-refractivity contribution >= 4 is 17.7 Å². The number of amides is 2. The Morgan fingerprint density at radius 1 is 1.36 bits per heavy atom. The molecular weight excluding hydrogens is 280 g/mol. The van der Waals surface area contributed by atoms with E-state index < -0.39 is 5.60 Å². The summed E-state index contributed by atoms with van der Waals surface area (Å²) in [6.45, 7) is 6.75. The Balaban J connectivity index is 2.04. The van der Waals surface area contributed by atoms with Crippen LogP contribution in [0.25, 0.3) is 0 Å². The summed E-state index contributed by atoms with van der Waals surface area (Å²) in [4.78, 5) is 27.2. The Kier molecular flexibility index (Phi) is 4.74. The maximum absolute atomic E-state index is 12.0. The number of ether oxygens (including phenoxy) is 1. The normalized spacial score (nSPS) is 15.1. The van der Waals surface area contributed by atoms with Crippen molar-refractivity contribution in [3.05, 3.63) is 29.8 Å². The lowest BCUT2D eigenvalue weighted by molar-refractivity contribution is -0.117. The van der Waals surface area contributed by atoms with Crippen LogP contribution in [0.3, 0.4) is 0 Å². The van der Waals surface area contributed by atoms with Crippen molar-refractivity contribution in [3.8, 4) is 0 Å². The minimum Gasteiger partial charge on any atom is -0.444 e. The van der Waals surface area contributed by atoms with E-state index in [-0.39, 0.29) is 12.0 Å². The van der Waals surface area contributed by atoms with Gasteiger partial charge in [-0.25, -0.2) is 4.79 Å². The first kappa shape index (κ1) is 16.3. The molecule has 1 aliphatic rings. The molecule has 2 amide bonds. The molecule has 0 spiro atoms. The number of carbonyl (C=O) groups is 2. The summed E-state index contributed by atoms with van der Waals surface area (Å²) >= 11 is 0. The van der Waals surface area contributed by atoms with E-state index in [1.807, 2.05) is 45.0 Å². The predicted molar refractivity (Wildman–Crippen MR) is 85.7 cm³/mol. The molecule has 0 N–H and O–H groups in total. The molecule has 0 atom stereocenters. The van der Waals surface area contributed by atoms with Gasteiger partial charge in [0.2, 0.25) is 5.91 Å². The number of benzene rings is 1. The summed E-state index contributed by atoms with van der Waals surface area (Å²) in [6.07, 6.45) is 1.17. The summed E-state index contributed by atoms with van der Waals surface area (Å²) in [7, 11) is 1.71. The number of anilines is 1. The van der Waals surface area contributed by atoms with Crippen LogP contribution in [-0.2, 0) is 16.1 Å². The Morgan fingerprint density at radius 3 is 2.68 bits per heavy atom. The van der Waals surface area contributed by atoms with Gasteiger partial charge >= 0.3 is 6.09 Å².